The van der Waals surface area contributed by atoms with E-state index in [1.807, 2.05) is 12.1 Å². The largest absolute Gasteiger partial charge is 0.496 e. The van der Waals surface area contributed by atoms with Crippen molar-refractivity contribution in [3.63, 3.8) is 0 Å². The highest BCUT2D eigenvalue weighted by atomic mass is 16.5. The summed E-state index contributed by atoms with van der Waals surface area (Å²) in [6.45, 7) is 5.33. The molecule has 1 fully saturated rings. The molecule has 1 aromatic carbocycles. The first-order valence-corrected chi connectivity index (χ1v) is 8.14. The Morgan fingerprint density at radius 3 is 2.57 bits per heavy atom. The van der Waals surface area contributed by atoms with Crippen LogP contribution in [-0.2, 0) is 6.42 Å². The maximum Gasteiger partial charge on any atom is 0.122 e. The SMILES string of the molecule is CCC(CN)(C1CC1)N(C)C(C)Cc1ccccc1OC. The number of para-hydroxylation sites is 1. The Hall–Kier alpha value is -1.06. The van der Waals surface area contributed by atoms with Gasteiger partial charge in [0.1, 0.15) is 5.75 Å². The van der Waals surface area contributed by atoms with Crippen molar-refractivity contribution in [2.24, 2.45) is 11.7 Å². The van der Waals surface area contributed by atoms with Crippen molar-refractivity contribution in [3.05, 3.63) is 29.8 Å². The molecule has 1 aliphatic rings. The molecule has 1 aliphatic carbocycles. The lowest BCUT2D eigenvalue weighted by Crippen LogP contribution is -2.57. The van der Waals surface area contributed by atoms with Gasteiger partial charge in [-0.25, -0.2) is 0 Å². The van der Waals surface area contributed by atoms with E-state index in [0.717, 1.165) is 31.1 Å². The fraction of sp³-hybridized carbons (Fsp3) is 0.667. The van der Waals surface area contributed by atoms with Gasteiger partial charge in [0, 0.05) is 18.1 Å². The lowest BCUT2D eigenvalue weighted by atomic mass is 9.86. The molecule has 2 rings (SSSR count). The van der Waals surface area contributed by atoms with E-state index in [1.165, 1.54) is 18.4 Å². The summed E-state index contributed by atoms with van der Waals surface area (Å²) in [6.07, 6.45) is 4.78. The smallest absolute Gasteiger partial charge is 0.122 e. The average Bonchev–Trinajstić information content (AvgIpc) is 3.34. The molecule has 118 valence electrons. The molecule has 1 saturated carbocycles. The highest BCUT2D eigenvalue weighted by molar-refractivity contribution is 5.33. The van der Waals surface area contributed by atoms with E-state index in [9.17, 15) is 0 Å². The summed E-state index contributed by atoms with van der Waals surface area (Å²) in [6, 6.07) is 8.76. The highest BCUT2D eigenvalue weighted by Gasteiger charge is 2.46. The Labute approximate surface area is 129 Å². The first-order chi connectivity index (χ1) is 10.1. The van der Waals surface area contributed by atoms with Crippen LogP contribution in [0, 0.1) is 5.92 Å². The van der Waals surface area contributed by atoms with Crippen LogP contribution in [0.2, 0.25) is 0 Å². The van der Waals surface area contributed by atoms with Gasteiger partial charge < -0.3 is 10.5 Å². The molecule has 0 bridgehead atoms. The Morgan fingerprint density at radius 1 is 1.38 bits per heavy atom. The van der Waals surface area contributed by atoms with Crippen LogP contribution >= 0.6 is 0 Å². The molecule has 21 heavy (non-hydrogen) atoms. The Kier molecular flexibility index (Phi) is 5.28. The van der Waals surface area contributed by atoms with Crippen LogP contribution in [0.1, 0.15) is 38.7 Å². The van der Waals surface area contributed by atoms with E-state index in [-0.39, 0.29) is 5.54 Å². The summed E-state index contributed by atoms with van der Waals surface area (Å²) in [5, 5.41) is 0. The number of hydrogen-bond donors (Lipinski definition) is 1. The Balaban J connectivity index is 2.13. The van der Waals surface area contributed by atoms with E-state index in [0.29, 0.717) is 6.04 Å². The summed E-state index contributed by atoms with van der Waals surface area (Å²) < 4.78 is 5.48. The van der Waals surface area contributed by atoms with Gasteiger partial charge in [-0.15, -0.1) is 0 Å². The van der Waals surface area contributed by atoms with Crippen LogP contribution in [0.4, 0.5) is 0 Å². The van der Waals surface area contributed by atoms with E-state index >= 15 is 0 Å². The molecular formula is C18H30N2O. The van der Waals surface area contributed by atoms with E-state index < -0.39 is 0 Å². The van der Waals surface area contributed by atoms with Gasteiger partial charge in [-0.05, 0) is 57.2 Å². The minimum atomic E-state index is 0.168. The van der Waals surface area contributed by atoms with Crippen molar-refractivity contribution in [2.45, 2.75) is 51.1 Å². The third-order valence-corrected chi connectivity index (χ3v) is 5.37. The number of hydrogen-bond acceptors (Lipinski definition) is 3. The van der Waals surface area contributed by atoms with Crippen molar-refractivity contribution in [1.29, 1.82) is 0 Å². The number of ether oxygens (including phenoxy) is 1. The monoisotopic (exact) mass is 290 g/mol. The normalized spacial score (nSPS) is 19.3. The van der Waals surface area contributed by atoms with Crippen LogP contribution in [0.25, 0.3) is 0 Å². The quantitative estimate of drug-likeness (QED) is 0.799. The number of rotatable bonds is 8. The second kappa shape index (κ2) is 6.80. The predicted molar refractivity (Wildman–Crippen MR) is 88.7 cm³/mol. The van der Waals surface area contributed by atoms with Gasteiger partial charge in [0.2, 0.25) is 0 Å². The van der Waals surface area contributed by atoms with Crippen LogP contribution in [0.5, 0.6) is 5.75 Å². The molecule has 0 amide bonds. The first kappa shape index (κ1) is 16.3. The molecule has 0 heterocycles. The van der Waals surface area contributed by atoms with Gasteiger partial charge in [-0.1, -0.05) is 25.1 Å². The molecule has 0 saturated heterocycles. The molecule has 2 atom stereocenters. The van der Waals surface area contributed by atoms with E-state index in [4.69, 9.17) is 10.5 Å². The minimum Gasteiger partial charge on any atom is -0.496 e. The van der Waals surface area contributed by atoms with E-state index in [2.05, 4.69) is 37.9 Å². The summed E-state index contributed by atoms with van der Waals surface area (Å²) in [5.41, 5.74) is 7.62. The van der Waals surface area contributed by atoms with Crippen LogP contribution in [0.15, 0.2) is 24.3 Å². The van der Waals surface area contributed by atoms with Gasteiger partial charge >= 0.3 is 0 Å². The zero-order chi connectivity index (χ0) is 15.5. The maximum atomic E-state index is 6.18. The van der Waals surface area contributed by atoms with Crippen LogP contribution < -0.4 is 10.5 Å². The lowest BCUT2D eigenvalue weighted by molar-refractivity contribution is 0.0598. The molecular weight excluding hydrogens is 260 g/mol. The van der Waals surface area contributed by atoms with Crippen LogP contribution in [-0.4, -0.2) is 37.2 Å². The van der Waals surface area contributed by atoms with Gasteiger partial charge in [0.25, 0.3) is 0 Å². The first-order valence-electron chi connectivity index (χ1n) is 8.14. The average molecular weight is 290 g/mol. The summed E-state index contributed by atoms with van der Waals surface area (Å²) in [7, 11) is 3.99. The summed E-state index contributed by atoms with van der Waals surface area (Å²) >= 11 is 0. The predicted octanol–water partition coefficient (Wildman–Crippen LogP) is 3.08. The number of nitrogens with two attached hydrogens (primary N) is 1. The van der Waals surface area contributed by atoms with Crippen molar-refractivity contribution < 1.29 is 4.74 Å². The Morgan fingerprint density at radius 2 is 2.05 bits per heavy atom. The highest BCUT2D eigenvalue weighted by Crippen LogP contribution is 2.45. The zero-order valence-corrected chi connectivity index (χ0v) is 13.9. The molecule has 3 nitrogen and oxygen atoms in total. The number of benzene rings is 1. The van der Waals surface area contributed by atoms with Crippen molar-refractivity contribution in [2.75, 3.05) is 20.7 Å². The Bertz CT molecular complexity index is 452. The van der Waals surface area contributed by atoms with E-state index in [1.54, 1.807) is 7.11 Å². The molecule has 1 aromatic rings. The zero-order valence-electron chi connectivity index (χ0n) is 13.9. The maximum absolute atomic E-state index is 6.18. The summed E-state index contributed by atoms with van der Waals surface area (Å²) in [5.74, 6) is 1.76. The van der Waals surface area contributed by atoms with Gasteiger partial charge in [0.15, 0.2) is 0 Å². The number of nitrogens with zero attached hydrogens (tertiary/aromatic N) is 1. The van der Waals surface area contributed by atoms with Crippen molar-refractivity contribution in [3.8, 4) is 5.75 Å². The minimum absolute atomic E-state index is 0.168. The van der Waals surface area contributed by atoms with Gasteiger partial charge in [-0.2, -0.15) is 0 Å². The molecule has 3 heteroatoms. The van der Waals surface area contributed by atoms with Crippen molar-refractivity contribution >= 4 is 0 Å². The second-order valence-electron chi connectivity index (χ2n) is 6.41. The topological polar surface area (TPSA) is 38.5 Å². The molecule has 2 N–H and O–H groups in total. The molecule has 2 unspecified atom stereocenters. The molecule has 0 radical (unpaired) electrons. The number of methoxy groups -OCH3 is 1. The van der Waals surface area contributed by atoms with Crippen LogP contribution in [0.3, 0.4) is 0 Å². The third-order valence-electron chi connectivity index (χ3n) is 5.37. The van der Waals surface area contributed by atoms with Gasteiger partial charge in [0.05, 0.1) is 7.11 Å². The lowest BCUT2D eigenvalue weighted by Gasteiger charge is -2.45. The molecule has 0 aromatic heterocycles. The second-order valence-corrected chi connectivity index (χ2v) is 6.41. The molecule has 0 aliphatic heterocycles. The van der Waals surface area contributed by atoms with Crippen molar-refractivity contribution in [1.82, 2.24) is 4.90 Å². The molecule has 0 spiro atoms. The third kappa shape index (κ3) is 3.24. The van der Waals surface area contributed by atoms with Gasteiger partial charge in [-0.3, -0.25) is 4.90 Å². The summed E-state index contributed by atoms with van der Waals surface area (Å²) in [4.78, 5) is 2.52. The standard InChI is InChI=1S/C18H30N2O/c1-5-18(13-19,16-10-11-16)20(3)14(2)12-15-8-6-7-9-17(15)21-4/h6-9,14,16H,5,10-13,19H2,1-4H3. The fourth-order valence-corrected chi connectivity index (χ4v) is 3.67. The number of likely N-dealkylation sites (N-methyl/N-ethyl adjacent to an activating group) is 1. The fourth-order valence-electron chi connectivity index (χ4n) is 3.67.